The normalized spacial score (nSPS) is 27.6. The monoisotopic (exact) mass is 256 g/mol. The van der Waals surface area contributed by atoms with E-state index in [2.05, 4.69) is 12.2 Å². The molecule has 5 heteroatoms. The molecule has 1 fully saturated rings. The van der Waals surface area contributed by atoms with Gasteiger partial charge in [0, 0.05) is 13.6 Å². The van der Waals surface area contributed by atoms with Crippen LogP contribution in [0.25, 0.3) is 0 Å². The van der Waals surface area contributed by atoms with Gasteiger partial charge in [-0.15, -0.1) is 0 Å². The fourth-order valence-corrected chi connectivity index (χ4v) is 2.41. The lowest BCUT2D eigenvalue weighted by molar-refractivity contribution is -0.146. The summed E-state index contributed by atoms with van der Waals surface area (Å²) in [6.45, 7) is 4.56. The summed E-state index contributed by atoms with van der Waals surface area (Å²) in [6.07, 6.45) is 3.89. The second-order valence-corrected chi connectivity index (χ2v) is 5.18. The first-order chi connectivity index (χ1) is 8.45. The maximum absolute atomic E-state index is 11.9. The Kier molecular flexibility index (Phi) is 4.99. The molecule has 1 aliphatic carbocycles. The van der Waals surface area contributed by atoms with E-state index in [4.69, 9.17) is 0 Å². The molecule has 0 aromatic heterocycles. The Bertz CT molecular complexity index is 309. The Hall–Kier alpha value is -1.26. The number of urea groups is 1. The molecule has 0 bridgehead atoms. The van der Waals surface area contributed by atoms with Gasteiger partial charge in [-0.05, 0) is 38.5 Å². The molecular formula is C13H24N2O3. The van der Waals surface area contributed by atoms with Gasteiger partial charge in [0.15, 0.2) is 0 Å². The number of nitrogens with one attached hydrogen (secondary N) is 1. The van der Waals surface area contributed by atoms with E-state index in [0.717, 1.165) is 19.3 Å². The zero-order chi connectivity index (χ0) is 13.8. The Balaban J connectivity index is 2.71. The second kappa shape index (κ2) is 6.07. The van der Waals surface area contributed by atoms with Crippen molar-refractivity contribution in [3.63, 3.8) is 0 Å². The van der Waals surface area contributed by atoms with Crippen LogP contribution in [0, 0.1) is 5.92 Å². The van der Waals surface area contributed by atoms with E-state index < -0.39 is 11.5 Å². The molecule has 0 spiro atoms. The molecule has 0 aromatic rings. The number of carbonyl (C=O) groups is 2. The summed E-state index contributed by atoms with van der Waals surface area (Å²) in [5.41, 5.74) is -1.06. The van der Waals surface area contributed by atoms with Gasteiger partial charge in [0.25, 0.3) is 0 Å². The fourth-order valence-electron chi connectivity index (χ4n) is 2.41. The summed E-state index contributed by atoms with van der Waals surface area (Å²) in [5, 5.41) is 12.1. The highest BCUT2D eigenvalue weighted by molar-refractivity contribution is 5.86. The van der Waals surface area contributed by atoms with Gasteiger partial charge in [0.2, 0.25) is 0 Å². The Morgan fingerprint density at radius 3 is 2.28 bits per heavy atom. The largest absolute Gasteiger partial charge is 0.480 e. The summed E-state index contributed by atoms with van der Waals surface area (Å²) in [7, 11) is 1.67. The van der Waals surface area contributed by atoms with Crippen LogP contribution in [0.15, 0.2) is 0 Å². The highest BCUT2D eigenvalue weighted by Gasteiger charge is 2.43. The molecular weight excluding hydrogens is 232 g/mol. The van der Waals surface area contributed by atoms with Gasteiger partial charge in [-0.1, -0.05) is 13.3 Å². The first kappa shape index (κ1) is 14.8. The SMILES string of the molecule is CCC1CCC(NC(=O)N(C)CC)(C(=O)O)CC1. The number of amides is 2. The summed E-state index contributed by atoms with van der Waals surface area (Å²) in [5.74, 6) is -0.312. The van der Waals surface area contributed by atoms with Crippen molar-refractivity contribution < 1.29 is 14.7 Å². The van der Waals surface area contributed by atoms with Gasteiger partial charge in [-0.25, -0.2) is 9.59 Å². The molecule has 1 saturated carbocycles. The minimum atomic E-state index is -1.06. The van der Waals surface area contributed by atoms with Crippen molar-refractivity contribution in [1.29, 1.82) is 0 Å². The minimum Gasteiger partial charge on any atom is -0.480 e. The number of nitrogens with zero attached hydrogens (tertiary/aromatic N) is 1. The first-order valence-electron chi connectivity index (χ1n) is 6.71. The average Bonchev–Trinajstić information content (AvgIpc) is 2.38. The predicted octanol–water partition coefficient (Wildman–Crippen LogP) is 2.07. The second-order valence-electron chi connectivity index (χ2n) is 5.18. The maximum atomic E-state index is 11.9. The first-order valence-corrected chi connectivity index (χ1v) is 6.71. The van der Waals surface area contributed by atoms with E-state index in [1.165, 1.54) is 4.90 Å². The van der Waals surface area contributed by atoms with Crippen molar-refractivity contribution in [1.82, 2.24) is 10.2 Å². The number of aliphatic carboxylic acids is 1. The molecule has 5 nitrogen and oxygen atoms in total. The van der Waals surface area contributed by atoms with Gasteiger partial charge >= 0.3 is 12.0 Å². The predicted molar refractivity (Wildman–Crippen MR) is 69.5 cm³/mol. The number of hydrogen-bond donors (Lipinski definition) is 2. The Morgan fingerprint density at radius 1 is 1.33 bits per heavy atom. The number of rotatable bonds is 4. The molecule has 1 aliphatic rings. The van der Waals surface area contributed by atoms with Crippen LogP contribution in [0.2, 0.25) is 0 Å². The average molecular weight is 256 g/mol. The molecule has 0 saturated heterocycles. The number of carboxylic acid groups (broad SMARTS) is 1. The molecule has 0 radical (unpaired) electrons. The van der Waals surface area contributed by atoms with Gasteiger partial charge in [0.05, 0.1) is 0 Å². The van der Waals surface area contributed by atoms with Crippen molar-refractivity contribution in [3.8, 4) is 0 Å². The van der Waals surface area contributed by atoms with Gasteiger partial charge in [0.1, 0.15) is 5.54 Å². The smallest absolute Gasteiger partial charge is 0.329 e. The summed E-state index contributed by atoms with van der Waals surface area (Å²) in [6, 6.07) is -0.296. The third kappa shape index (κ3) is 3.15. The van der Waals surface area contributed by atoms with E-state index in [9.17, 15) is 14.7 Å². The van der Waals surface area contributed by atoms with Crippen LogP contribution in [0.5, 0.6) is 0 Å². The molecule has 104 valence electrons. The van der Waals surface area contributed by atoms with Crippen LogP contribution < -0.4 is 5.32 Å². The molecule has 0 aromatic carbocycles. The quantitative estimate of drug-likeness (QED) is 0.809. The number of carboxylic acids is 1. The lowest BCUT2D eigenvalue weighted by Gasteiger charge is -2.38. The van der Waals surface area contributed by atoms with E-state index in [1.807, 2.05) is 6.92 Å². The lowest BCUT2D eigenvalue weighted by atomic mass is 9.75. The number of carbonyl (C=O) groups excluding carboxylic acids is 1. The highest BCUT2D eigenvalue weighted by atomic mass is 16.4. The molecule has 0 unspecified atom stereocenters. The third-order valence-electron chi connectivity index (χ3n) is 4.11. The highest BCUT2D eigenvalue weighted by Crippen LogP contribution is 2.34. The zero-order valence-electron chi connectivity index (χ0n) is 11.5. The minimum absolute atomic E-state index is 0.296. The summed E-state index contributed by atoms with van der Waals surface area (Å²) < 4.78 is 0. The van der Waals surface area contributed by atoms with E-state index in [1.54, 1.807) is 7.05 Å². The van der Waals surface area contributed by atoms with Crippen molar-refractivity contribution in [2.24, 2.45) is 5.92 Å². The van der Waals surface area contributed by atoms with Gasteiger partial charge in [-0.2, -0.15) is 0 Å². The Morgan fingerprint density at radius 2 is 1.89 bits per heavy atom. The van der Waals surface area contributed by atoms with E-state index in [-0.39, 0.29) is 6.03 Å². The molecule has 18 heavy (non-hydrogen) atoms. The topological polar surface area (TPSA) is 69.6 Å². The van der Waals surface area contributed by atoms with Crippen LogP contribution in [0.4, 0.5) is 4.79 Å². The fraction of sp³-hybridized carbons (Fsp3) is 0.846. The molecule has 0 aliphatic heterocycles. The van der Waals surface area contributed by atoms with Crippen LogP contribution >= 0.6 is 0 Å². The van der Waals surface area contributed by atoms with Crippen molar-refractivity contribution in [2.45, 2.75) is 51.5 Å². The molecule has 1 rings (SSSR count). The van der Waals surface area contributed by atoms with Crippen LogP contribution in [0.3, 0.4) is 0 Å². The van der Waals surface area contributed by atoms with Crippen LogP contribution in [-0.2, 0) is 4.79 Å². The molecule has 0 heterocycles. The van der Waals surface area contributed by atoms with Crippen LogP contribution in [-0.4, -0.2) is 41.1 Å². The molecule has 0 atom stereocenters. The maximum Gasteiger partial charge on any atom is 0.329 e. The zero-order valence-corrected chi connectivity index (χ0v) is 11.5. The Labute approximate surface area is 109 Å². The van der Waals surface area contributed by atoms with Crippen molar-refractivity contribution in [2.75, 3.05) is 13.6 Å². The summed E-state index contributed by atoms with van der Waals surface area (Å²) >= 11 is 0. The standard InChI is InChI=1S/C13H24N2O3/c1-4-10-6-8-13(9-7-10,11(16)17)14-12(18)15(3)5-2/h10H,4-9H2,1-3H3,(H,14,18)(H,16,17). The van der Waals surface area contributed by atoms with Gasteiger partial charge < -0.3 is 15.3 Å². The molecule has 2 N–H and O–H groups in total. The molecule has 2 amide bonds. The summed E-state index contributed by atoms with van der Waals surface area (Å²) in [4.78, 5) is 24.8. The third-order valence-corrected chi connectivity index (χ3v) is 4.11. The van der Waals surface area contributed by atoms with Crippen molar-refractivity contribution in [3.05, 3.63) is 0 Å². The lowest BCUT2D eigenvalue weighted by Crippen LogP contribution is -2.58. The van der Waals surface area contributed by atoms with E-state index >= 15 is 0 Å². The van der Waals surface area contributed by atoms with E-state index in [0.29, 0.717) is 25.3 Å². The van der Waals surface area contributed by atoms with Gasteiger partial charge in [-0.3, -0.25) is 0 Å². The van der Waals surface area contributed by atoms with Crippen molar-refractivity contribution >= 4 is 12.0 Å². The van der Waals surface area contributed by atoms with Crippen LogP contribution in [0.1, 0.15) is 46.0 Å². The number of hydrogen-bond acceptors (Lipinski definition) is 2.